The van der Waals surface area contributed by atoms with Gasteiger partial charge in [0, 0.05) is 17.3 Å². The zero-order valence-electron chi connectivity index (χ0n) is 11.2. The number of hydrogen-bond donors (Lipinski definition) is 3. The van der Waals surface area contributed by atoms with Gasteiger partial charge in [0.05, 0.1) is 6.61 Å². The molecule has 0 fully saturated rings. The number of aliphatic hydroxyl groups excluding tert-OH is 1. The Morgan fingerprint density at radius 2 is 1.90 bits per heavy atom. The quantitative estimate of drug-likeness (QED) is 0.794. The number of ether oxygens (including phenoxy) is 1. The lowest BCUT2D eigenvalue weighted by Gasteiger charge is -2.09. The number of amides is 2. The summed E-state index contributed by atoms with van der Waals surface area (Å²) in [6.07, 6.45) is 0. The van der Waals surface area contributed by atoms with Crippen molar-refractivity contribution in [1.82, 2.24) is 5.32 Å². The summed E-state index contributed by atoms with van der Waals surface area (Å²) < 4.78 is 5.64. The predicted octanol–water partition coefficient (Wildman–Crippen LogP) is 3.25. The maximum atomic E-state index is 11.4. The van der Waals surface area contributed by atoms with Gasteiger partial charge < -0.3 is 20.5 Å². The number of nitrogens with one attached hydrogen (secondary N) is 2. The molecule has 3 N–H and O–H groups in total. The highest BCUT2D eigenvalue weighted by Gasteiger charge is 2.02. The van der Waals surface area contributed by atoms with E-state index in [1.807, 2.05) is 0 Å². The van der Waals surface area contributed by atoms with Crippen LogP contribution in [0.3, 0.4) is 0 Å². The number of aliphatic hydroxyl groups is 1. The highest BCUT2D eigenvalue weighted by atomic mass is 35.5. The van der Waals surface area contributed by atoms with Crippen molar-refractivity contribution < 1.29 is 14.6 Å². The molecule has 0 atom stereocenters. The molecule has 0 bridgehead atoms. The lowest BCUT2D eigenvalue weighted by atomic mass is 10.3. The fraction of sp³-hybridized carbons (Fsp3) is 0.133. The molecule has 0 aliphatic heterocycles. The molecule has 0 aliphatic rings. The van der Waals surface area contributed by atoms with Crippen LogP contribution in [0.1, 0.15) is 0 Å². The van der Waals surface area contributed by atoms with E-state index in [-0.39, 0.29) is 19.2 Å². The Balaban J connectivity index is 1.94. The summed E-state index contributed by atoms with van der Waals surface area (Å²) in [5.41, 5.74) is 0.629. The van der Waals surface area contributed by atoms with Gasteiger partial charge >= 0.3 is 6.03 Å². The van der Waals surface area contributed by atoms with E-state index in [0.717, 1.165) is 0 Å². The first-order valence-electron chi connectivity index (χ1n) is 6.36. The number of anilines is 1. The molecule has 2 aromatic rings. The smallest absolute Gasteiger partial charge is 0.319 e. The Hall–Kier alpha value is -2.24. The number of carbonyl (C=O) groups is 1. The van der Waals surface area contributed by atoms with Crippen molar-refractivity contribution in [1.29, 1.82) is 0 Å². The van der Waals surface area contributed by atoms with E-state index in [1.165, 1.54) is 0 Å². The molecule has 0 saturated carbocycles. The van der Waals surface area contributed by atoms with Crippen LogP contribution < -0.4 is 15.4 Å². The fourth-order valence-corrected chi connectivity index (χ4v) is 1.80. The molecule has 0 spiro atoms. The Morgan fingerprint density at radius 3 is 2.57 bits per heavy atom. The van der Waals surface area contributed by atoms with Crippen LogP contribution >= 0.6 is 11.6 Å². The third-order valence-corrected chi connectivity index (χ3v) is 2.78. The summed E-state index contributed by atoms with van der Waals surface area (Å²) in [4.78, 5) is 11.4. The lowest BCUT2D eigenvalue weighted by Crippen LogP contribution is -2.30. The lowest BCUT2D eigenvalue weighted by molar-refractivity contribution is 0.245. The molecule has 110 valence electrons. The van der Waals surface area contributed by atoms with Gasteiger partial charge in [-0.15, -0.1) is 0 Å². The molecule has 0 heterocycles. The van der Waals surface area contributed by atoms with Crippen LogP contribution in [0.15, 0.2) is 48.5 Å². The summed E-state index contributed by atoms with van der Waals surface area (Å²) in [6, 6.07) is 13.6. The second-order valence-corrected chi connectivity index (χ2v) is 4.62. The second-order valence-electron chi connectivity index (χ2n) is 4.19. The van der Waals surface area contributed by atoms with Gasteiger partial charge in [-0.25, -0.2) is 4.79 Å². The summed E-state index contributed by atoms with van der Waals surface area (Å²) in [5, 5.41) is 14.3. The molecule has 5 nitrogen and oxygen atoms in total. The van der Waals surface area contributed by atoms with Gasteiger partial charge in [0.25, 0.3) is 0 Å². The van der Waals surface area contributed by atoms with E-state index in [9.17, 15) is 4.79 Å². The highest BCUT2D eigenvalue weighted by Crippen LogP contribution is 2.25. The second kappa shape index (κ2) is 7.52. The first-order chi connectivity index (χ1) is 10.2. The number of halogens is 1. The molecule has 2 amide bonds. The van der Waals surface area contributed by atoms with E-state index in [0.29, 0.717) is 22.2 Å². The molecule has 0 aromatic heterocycles. The summed E-state index contributed by atoms with van der Waals surface area (Å²) in [6.45, 7) is 0.113. The highest BCUT2D eigenvalue weighted by molar-refractivity contribution is 6.30. The van der Waals surface area contributed by atoms with E-state index in [1.54, 1.807) is 48.5 Å². The van der Waals surface area contributed by atoms with Gasteiger partial charge in [-0.05, 0) is 42.5 Å². The largest absolute Gasteiger partial charge is 0.457 e. The first kappa shape index (κ1) is 15.2. The molecular formula is C15H15ClN2O3. The fourth-order valence-electron chi connectivity index (χ4n) is 1.62. The molecule has 0 saturated heterocycles. The van der Waals surface area contributed by atoms with Crippen LogP contribution in [-0.4, -0.2) is 24.3 Å². The van der Waals surface area contributed by atoms with Crippen molar-refractivity contribution >= 4 is 23.3 Å². The minimum atomic E-state index is -0.368. The number of hydrogen-bond acceptors (Lipinski definition) is 3. The average Bonchev–Trinajstić information content (AvgIpc) is 2.47. The average molecular weight is 307 g/mol. The number of carbonyl (C=O) groups excluding carboxylic acids is 1. The maximum Gasteiger partial charge on any atom is 0.319 e. The molecule has 0 aliphatic carbocycles. The van der Waals surface area contributed by atoms with Crippen molar-refractivity contribution in [2.75, 3.05) is 18.5 Å². The van der Waals surface area contributed by atoms with Gasteiger partial charge in [-0.1, -0.05) is 17.7 Å². The summed E-state index contributed by atoms with van der Waals surface area (Å²) in [5.74, 6) is 1.28. The van der Waals surface area contributed by atoms with Crippen molar-refractivity contribution in [3.8, 4) is 11.5 Å². The van der Waals surface area contributed by atoms with E-state index >= 15 is 0 Å². The Bertz CT molecular complexity index is 602. The molecular weight excluding hydrogens is 292 g/mol. The van der Waals surface area contributed by atoms with Crippen molar-refractivity contribution in [2.24, 2.45) is 0 Å². The van der Waals surface area contributed by atoms with Crippen molar-refractivity contribution in [3.05, 3.63) is 53.6 Å². The maximum absolute atomic E-state index is 11.4. The number of urea groups is 1. The molecule has 2 rings (SSSR count). The molecule has 0 radical (unpaired) electrons. The van der Waals surface area contributed by atoms with Crippen LogP contribution in [0.25, 0.3) is 0 Å². The third kappa shape index (κ3) is 4.98. The zero-order valence-corrected chi connectivity index (χ0v) is 11.9. The van der Waals surface area contributed by atoms with E-state index in [4.69, 9.17) is 21.4 Å². The summed E-state index contributed by atoms with van der Waals surface area (Å²) in [7, 11) is 0. The number of rotatable bonds is 5. The van der Waals surface area contributed by atoms with E-state index in [2.05, 4.69) is 10.6 Å². The van der Waals surface area contributed by atoms with Gasteiger partial charge in [-0.2, -0.15) is 0 Å². The normalized spacial score (nSPS) is 10.0. The van der Waals surface area contributed by atoms with Gasteiger partial charge in [0.2, 0.25) is 0 Å². The van der Waals surface area contributed by atoms with Crippen molar-refractivity contribution in [2.45, 2.75) is 0 Å². The Labute approximate surface area is 127 Å². The SMILES string of the molecule is O=C(NCCO)Nc1ccc(Oc2cccc(Cl)c2)cc1. The summed E-state index contributed by atoms with van der Waals surface area (Å²) >= 11 is 5.88. The Kier molecular flexibility index (Phi) is 5.43. The van der Waals surface area contributed by atoms with Crippen molar-refractivity contribution in [3.63, 3.8) is 0 Å². The molecule has 0 unspecified atom stereocenters. The van der Waals surface area contributed by atoms with Gasteiger partial charge in [0.15, 0.2) is 0 Å². The van der Waals surface area contributed by atoms with E-state index < -0.39 is 0 Å². The number of benzene rings is 2. The zero-order chi connectivity index (χ0) is 15.1. The predicted molar refractivity (Wildman–Crippen MR) is 82.1 cm³/mol. The minimum Gasteiger partial charge on any atom is -0.457 e. The molecule has 21 heavy (non-hydrogen) atoms. The van der Waals surface area contributed by atoms with Gasteiger partial charge in [0.1, 0.15) is 11.5 Å². The monoisotopic (exact) mass is 306 g/mol. The minimum absolute atomic E-state index is 0.0974. The standard InChI is InChI=1S/C15H15ClN2O3/c16-11-2-1-3-14(10-11)21-13-6-4-12(5-7-13)18-15(20)17-8-9-19/h1-7,10,19H,8-9H2,(H2,17,18,20). The van der Waals surface area contributed by atoms with Crippen LogP contribution in [0, 0.1) is 0 Å². The topological polar surface area (TPSA) is 70.6 Å². The van der Waals surface area contributed by atoms with Gasteiger partial charge in [-0.3, -0.25) is 0 Å². The Morgan fingerprint density at radius 1 is 1.14 bits per heavy atom. The molecule has 6 heteroatoms. The third-order valence-electron chi connectivity index (χ3n) is 2.54. The van der Waals surface area contributed by atoms with Crippen LogP contribution in [0.4, 0.5) is 10.5 Å². The first-order valence-corrected chi connectivity index (χ1v) is 6.74. The molecule has 2 aromatic carbocycles. The van der Waals surface area contributed by atoms with Crippen LogP contribution in [-0.2, 0) is 0 Å². The van der Waals surface area contributed by atoms with Crippen LogP contribution in [0.5, 0.6) is 11.5 Å². The van der Waals surface area contributed by atoms with Crippen LogP contribution in [0.2, 0.25) is 5.02 Å².